The van der Waals surface area contributed by atoms with E-state index in [9.17, 15) is 10.1 Å². The Morgan fingerprint density at radius 2 is 2.28 bits per heavy atom. The number of imidazole rings is 1. The molecule has 1 saturated heterocycles. The van der Waals surface area contributed by atoms with E-state index >= 15 is 0 Å². The monoisotopic (exact) mass is 337 g/mol. The van der Waals surface area contributed by atoms with Crippen LogP contribution >= 0.6 is 0 Å². The maximum Gasteiger partial charge on any atom is 0.295 e. The van der Waals surface area contributed by atoms with Crippen LogP contribution < -0.4 is 4.90 Å². The minimum atomic E-state index is -0.361. The van der Waals surface area contributed by atoms with Gasteiger partial charge in [0, 0.05) is 54.2 Å². The summed E-state index contributed by atoms with van der Waals surface area (Å²) in [5, 5.41) is 12.2. The van der Waals surface area contributed by atoms with Crippen LogP contribution in [-0.4, -0.2) is 33.0 Å². The summed E-state index contributed by atoms with van der Waals surface area (Å²) < 4.78 is 0. The van der Waals surface area contributed by atoms with Gasteiger partial charge in [0.25, 0.3) is 5.69 Å². The van der Waals surface area contributed by atoms with E-state index < -0.39 is 0 Å². The lowest BCUT2D eigenvalue weighted by Gasteiger charge is -2.34. The van der Waals surface area contributed by atoms with Gasteiger partial charge in [0.05, 0.1) is 4.92 Å². The van der Waals surface area contributed by atoms with Crippen molar-refractivity contribution in [3.8, 4) is 0 Å². The number of nitro groups is 1. The van der Waals surface area contributed by atoms with E-state index in [2.05, 4.69) is 19.9 Å². The second kappa shape index (κ2) is 6.16. The number of nitrogens with one attached hydrogen (secondary N) is 1. The molecule has 0 bridgehead atoms. The SMILES string of the molecule is Cc1cc(N2CCCC(c3ncc[nH]3)C2)c2cccc([N+](=O)[O-])c2n1. The molecule has 3 heterocycles. The molecule has 2 aromatic heterocycles. The molecular weight excluding hydrogens is 318 g/mol. The lowest BCUT2D eigenvalue weighted by Crippen LogP contribution is -2.35. The third-order valence-corrected chi connectivity index (χ3v) is 4.79. The number of nitrogens with zero attached hydrogens (tertiary/aromatic N) is 4. The van der Waals surface area contributed by atoms with Crippen molar-refractivity contribution in [1.29, 1.82) is 0 Å². The van der Waals surface area contributed by atoms with Crippen molar-refractivity contribution in [2.24, 2.45) is 0 Å². The quantitative estimate of drug-likeness (QED) is 0.583. The molecule has 0 saturated carbocycles. The van der Waals surface area contributed by atoms with Crippen molar-refractivity contribution >= 4 is 22.3 Å². The van der Waals surface area contributed by atoms with Crippen LogP contribution in [0.5, 0.6) is 0 Å². The molecule has 7 heteroatoms. The van der Waals surface area contributed by atoms with Gasteiger partial charge < -0.3 is 9.88 Å². The third-order valence-electron chi connectivity index (χ3n) is 4.79. The number of hydrogen-bond donors (Lipinski definition) is 1. The smallest absolute Gasteiger partial charge is 0.295 e. The molecule has 0 aliphatic carbocycles. The van der Waals surface area contributed by atoms with Gasteiger partial charge in [0.2, 0.25) is 0 Å². The van der Waals surface area contributed by atoms with E-state index in [1.807, 2.05) is 25.3 Å². The van der Waals surface area contributed by atoms with Gasteiger partial charge in [-0.25, -0.2) is 9.97 Å². The molecule has 1 fully saturated rings. The lowest BCUT2D eigenvalue weighted by molar-refractivity contribution is -0.383. The summed E-state index contributed by atoms with van der Waals surface area (Å²) in [6.45, 7) is 3.65. The number of nitro benzene ring substituents is 1. The minimum absolute atomic E-state index is 0.0574. The summed E-state index contributed by atoms with van der Waals surface area (Å²) in [7, 11) is 0. The maximum absolute atomic E-state index is 11.4. The fraction of sp³-hybridized carbons (Fsp3) is 0.333. The molecule has 3 aromatic rings. The zero-order chi connectivity index (χ0) is 17.4. The first-order valence-corrected chi connectivity index (χ1v) is 8.42. The fourth-order valence-electron chi connectivity index (χ4n) is 3.67. The summed E-state index contributed by atoms with van der Waals surface area (Å²) in [6, 6.07) is 7.19. The number of anilines is 1. The number of benzene rings is 1. The van der Waals surface area contributed by atoms with Crippen molar-refractivity contribution in [1.82, 2.24) is 15.0 Å². The van der Waals surface area contributed by atoms with Crippen LogP contribution in [0, 0.1) is 17.0 Å². The van der Waals surface area contributed by atoms with E-state index in [0.717, 1.165) is 48.5 Å². The highest BCUT2D eigenvalue weighted by Gasteiger charge is 2.25. The first-order valence-electron chi connectivity index (χ1n) is 8.42. The highest BCUT2D eigenvalue weighted by atomic mass is 16.6. The number of piperidine rings is 1. The predicted molar refractivity (Wildman–Crippen MR) is 95.9 cm³/mol. The number of aryl methyl sites for hydroxylation is 1. The van der Waals surface area contributed by atoms with E-state index in [1.54, 1.807) is 12.3 Å². The van der Waals surface area contributed by atoms with E-state index in [1.165, 1.54) is 6.07 Å². The summed E-state index contributed by atoms with van der Waals surface area (Å²) in [6.07, 6.45) is 5.78. The number of rotatable bonds is 3. The van der Waals surface area contributed by atoms with Crippen molar-refractivity contribution in [2.45, 2.75) is 25.7 Å². The number of aromatic amines is 1. The van der Waals surface area contributed by atoms with Gasteiger partial charge in [-0.3, -0.25) is 10.1 Å². The first kappa shape index (κ1) is 15.6. The molecule has 0 amide bonds. The summed E-state index contributed by atoms with van der Waals surface area (Å²) in [4.78, 5) is 25.4. The molecule has 1 N–H and O–H groups in total. The number of fused-ring (bicyclic) bond motifs is 1. The van der Waals surface area contributed by atoms with Gasteiger partial charge in [-0.2, -0.15) is 0 Å². The summed E-state index contributed by atoms with van der Waals surface area (Å²) in [5.74, 6) is 1.34. The van der Waals surface area contributed by atoms with Gasteiger partial charge in [-0.05, 0) is 25.8 Å². The Kier molecular flexibility index (Phi) is 3.83. The van der Waals surface area contributed by atoms with E-state index in [-0.39, 0.29) is 10.6 Å². The molecule has 0 spiro atoms. The molecule has 1 aliphatic rings. The molecule has 0 radical (unpaired) electrons. The highest BCUT2D eigenvalue weighted by molar-refractivity contribution is 5.97. The number of pyridine rings is 1. The summed E-state index contributed by atoms with van der Waals surface area (Å²) >= 11 is 0. The molecule has 1 aliphatic heterocycles. The Morgan fingerprint density at radius 3 is 3.04 bits per heavy atom. The van der Waals surface area contributed by atoms with Crippen LogP contribution in [0.3, 0.4) is 0 Å². The topological polar surface area (TPSA) is 88.0 Å². The van der Waals surface area contributed by atoms with Gasteiger partial charge >= 0.3 is 0 Å². The maximum atomic E-state index is 11.4. The number of para-hydroxylation sites is 1. The molecule has 1 atom stereocenters. The normalized spacial score (nSPS) is 17.8. The van der Waals surface area contributed by atoms with Gasteiger partial charge in [0.15, 0.2) is 5.52 Å². The Hall–Kier alpha value is -2.96. The Labute approximate surface area is 144 Å². The first-order chi connectivity index (χ1) is 12.1. The van der Waals surface area contributed by atoms with Crippen LogP contribution in [0.4, 0.5) is 11.4 Å². The van der Waals surface area contributed by atoms with Crippen molar-refractivity contribution < 1.29 is 4.92 Å². The highest BCUT2D eigenvalue weighted by Crippen LogP contribution is 2.35. The zero-order valence-corrected chi connectivity index (χ0v) is 14.0. The fourth-order valence-corrected chi connectivity index (χ4v) is 3.67. The number of aromatic nitrogens is 3. The minimum Gasteiger partial charge on any atom is -0.370 e. The standard InChI is InChI=1S/C18H19N5O2/c1-12-10-16(14-5-2-6-15(23(24)25)17(14)21-12)22-9-3-4-13(11-22)18-19-7-8-20-18/h2,5-8,10,13H,3-4,9,11H2,1H3,(H,19,20). The van der Waals surface area contributed by atoms with Crippen LogP contribution in [0.2, 0.25) is 0 Å². The largest absolute Gasteiger partial charge is 0.370 e. The van der Waals surface area contributed by atoms with E-state index in [0.29, 0.717) is 11.4 Å². The van der Waals surface area contributed by atoms with E-state index in [4.69, 9.17) is 0 Å². The Bertz CT molecular complexity index is 923. The summed E-state index contributed by atoms with van der Waals surface area (Å²) in [5.41, 5.74) is 2.32. The molecule has 1 unspecified atom stereocenters. The second-order valence-electron chi connectivity index (χ2n) is 6.47. The molecule has 128 valence electrons. The molecule has 1 aromatic carbocycles. The predicted octanol–water partition coefficient (Wildman–Crippen LogP) is 3.56. The second-order valence-corrected chi connectivity index (χ2v) is 6.47. The average molecular weight is 337 g/mol. The molecule has 25 heavy (non-hydrogen) atoms. The zero-order valence-electron chi connectivity index (χ0n) is 14.0. The molecular formula is C18H19N5O2. The van der Waals surface area contributed by atoms with Crippen LogP contribution in [0.25, 0.3) is 10.9 Å². The van der Waals surface area contributed by atoms with Crippen LogP contribution in [0.1, 0.15) is 30.3 Å². The van der Waals surface area contributed by atoms with Crippen molar-refractivity contribution in [3.05, 3.63) is 58.3 Å². The van der Waals surface area contributed by atoms with Crippen LogP contribution in [-0.2, 0) is 0 Å². The van der Waals surface area contributed by atoms with Gasteiger partial charge in [-0.1, -0.05) is 12.1 Å². The van der Waals surface area contributed by atoms with Crippen LogP contribution in [0.15, 0.2) is 36.7 Å². The van der Waals surface area contributed by atoms with Crippen molar-refractivity contribution in [2.75, 3.05) is 18.0 Å². The number of non-ortho nitro benzene ring substituents is 1. The number of hydrogen-bond acceptors (Lipinski definition) is 5. The van der Waals surface area contributed by atoms with Gasteiger partial charge in [-0.15, -0.1) is 0 Å². The lowest BCUT2D eigenvalue weighted by atomic mass is 9.96. The average Bonchev–Trinajstić information content (AvgIpc) is 3.15. The molecule has 7 nitrogen and oxygen atoms in total. The Morgan fingerprint density at radius 1 is 1.40 bits per heavy atom. The number of H-pyrrole nitrogens is 1. The Balaban J connectivity index is 1.78. The van der Waals surface area contributed by atoms with Crippen molar-refractivity contribution in [3.63, 3.8) is 0 Å². The van der Waals surface area contributed by atoms with Gasteiger partial charge in [0.1, 0.15) is 5.82 Å². The molecule has 4 rings (SSSR count). The third kappa shape index (κ3) is 2.82.